The van der Waals surface area contributed by atoms with E-state index in [2.05, 4.69) is 10.6 Å². The summed E-state index contributed by atoms with van der Waals surface area (Å²) in [6.45, 7) is 0.921. The van der Waals surface area contributed by atoms with Gasteiger partial charge in [0.25, 0.3) is 0 Å². The van der Waals surface area contributed by atoms with Crippen molar-refractivity contribution in [2.45, 2.75) is 36.9 Å². The number of hydrogen-bond donors (Lipinski definition) is 2. The SMILES string of the molecule is CSCC[C@@H]1N[C@]2(C(=O)Nc3c(Cl)cccc32)[C@@H]2C(=O)N(C[C@H]3CCCO3)C(=O)[C@H]12. The molecule has 4 heterocycles. The summed E-state index contributed by atoms with van der Waals surface area (Å²) in [7, 11) is 0. The Morgan fingerprint density at radius 2 is 2.13 bits per heavy atom. The van der Waals surface area contributed by atoms with Crippen LogP contribution in [0.4, 0.5) is 5.69 Å². The van der Waals surface area contributed by atoms with Gasteiger partial charge in [0.05, 0.1) is 35.2 Å². The Labute approximate surface area is 184 Å². The molecule has 0 radical (unpaired) electrons. The summed E-state index contributed by atoms with van der Waals surface area (Å²) in [6, 6.07) is 5.05. The number of anilines is 1. The first-order valence-corrected chi connectivity index (χ1v) is 12.1. The summed E-state index contributed by atoms with van der Waals surface area (Å²) < 4.78 is 5.67. The van der Waals surface area contributed by atoms with Crippen LogP contribution in [0.3, 0.4) is 0 Å². The molecule has 0 aliphatic carbocycles. The first-order valence-electron chi connectivity index (χ1n) is 10.3. The van der Waals surface area contributed by atoms with Crippen molar-refractivity contribution in [2.75, 3.05) is 30.5 Å². The van der Waals surface area contributed by atoms with E-state index in [-0.39, 0.29) is 36.4 Å². The second-order valence-electron chi connectivity index (χ2n) is 8.38. The van der Waals surface area contributed by atoms with Gasteiger partial charge in [-0.25, -0.2) is 0 Å². The van der Waals surface area contributed by atoms with Crippen molar-refractivity contribution >= 4 is 46.8 Å². The summed E-state index contributed by atoms with van der Waals surface area (Å²) in [5.41, 5.74) is -0.0908. The fourth-order valence-electron chi connectivity index (χ4n) is 5.52. The lowest BCUT2D eigenvalue weighted by Crippen LogP contribution is -2.53. The predicted molar refractivity (Wildman–Crippen MR) is 114 cm³/mol. The van der Waals surface area contributed by atoms with E-state index < -0.39 is 17.4 Å². The molecule has 9 heteroatoms. The molecule has 2 N–H and O–H groups in total. The van der Waals surface area contributed by atoms with E-state index in [1.54, 1.807) is 23.9 Å². The molecule has 3 fully saturated rings. The van der Waals surface area contributed by atoms with Gasteiger partial charge < -0.3 is 10.1 Å². The zero-order valence-electron chi connectivity index (χ0n) is 16.7. The zero-order valence-corrected chi connectivity index (χ0v) is 18.2. The molecule has 0 saturated carbocycles. The number of amides is 3. The molecular formula is C21H24ClN3O4S. The monoisotopic (exact) mass is 449 g/mol. The van der Waals surface area contributed by atoms with Crippen LogP contribution >= 0.6 is 23.4 Å². The molecule has 7 nitrogen and oxygen atoms in total. The molecule has 0 unspecified atom stereocenters. The summed E-state index contributed by atoms with van der Waals surface area (Å²) in [5, 5.41) is 6.72. The number of carbonyl (C=O) groups is 3. The van der Waals surface area contributed by atoms with Crippen molar-refractivity contribution in [1.82, 2.24) is 10.2 Å². The number of nitrogens with one attached hydrogen (secondary N) is 2. The summed E-state index contributed by atoms with van der Waals surface area (Å²) in [5.74, 6) is -1.32. The van der Waals surface area contributed by atoms with Crippen LogP contribution in [0.15, 0.2) is 18.2 Å². The van der Waals surface area contributed by atoms with Crippen LogP contribution in [0.5, 0.6) is 0 Å². The Balaban J connectivity index is 1.57. The highest BCUT2D eigenvalue weighted by Gasteiger charge is 2.70. The molecule has 4 aliphatic rings. The van der Waals surface area contributed by atoms with Crippen molar-refractivity contribution in [3.05, 3.63) is 28.8 Å². The van der Waals surface area contributed by atoms with Crippen LogP contribution < -0.4 is 10.6 Å². The lowest BCUT2D eigenvalue weighted by Gasteiger charge is -2.30. The van der Waals surface area contributed by atoms with E-state index in [4.69, 9.17) is 16.3 Å². The Hall–Kier alpha value is -1.61. The highest BCUT2D eigenvalue weighted by molar-refractivity contribution is 7.98. The van der Waals surface area contributed by atoms with Crippen LogP contribution in [-0.4, -0.2) is 59.9 Å². The van der Waals surface area contributed by atoms with Gasteiger partial charge >= 0.3 is 0 Å². The maximum atomic E-state index is 13.6. The minimum atomic E-state index is -1.27. The van der Waals surface area contributed by atoms with Gasteiger partial charge in [-0.15, -0.1) is 0 Å². The van der Waals surface area contributed by atoms with Crippen molar-refractivity contribution in [3.63, 3.8) is 0 Å². The first-order chi connectivity index (χ1) is 14.5. The third-order valence-corrected chi connectivity index (χ3v) is 7.79. The topological polar surface area (TPSA) is 87.7 Å². The molecular weight excluding hydrogens is 426 g/mol. The number of likely N-dealkylation sites (tertiary alicyclic amines) is 1. The molecule has 30 heavy (non-hydrogen) atoms. The van der Waals surface area contributed by atoms with Gasteiger partial charge in [-0.05, 0) is 37.3 Å². The number of fused-ring (bicyclic) bond motifs is 4. The summed E-state index contributed by atoms with van der Waals surface area (Å²) >= 11 is 8.02. The Bertz CT molecular complexity index is 922. The highest BCUT2D eigenvalue weighted by atomic mass is 35.5. The normalized spacial score (nSPS) is 34.7. The van der Waals surface area contributed by atoms with Gasteiger partial charge in [-0.2, -0.15) is 11.8 Å². The average Bonchev–Trinajstić information content (AvgIpc) is 3.47. The molecule has 5 atom stereocenters. The van der Waals surface area contributed by atoms with Gasteiger partial charge in [-0.3, -0.25) is 24.6 Å². The minimum Gasteiger partial charge on any atom is -0.376 e. The van der Waals surface area contributed by atoms with Gasteiger partial charge in [0.15, 0.2) is 0 Å². The number of benzene rings is 1. The number of hydrogen-bond acceptors (Lipinski definition) is 6. The van der Waals surface area contributed by atoms with Crippen molar-refractivity contribution in [3.8, 4) is 0 Å². The van der Waals surface area contributed by atoms with E-state index >= 15 is 0 Å². The van der Waals surface area contributed by atoms with Crippen molar-refractivity contribution < 1.29 is 19.1 Å². The van der Waals surface area contributed by atoms with Crippen molar-refractivity contribution in [1.29, 1.82) is 0 Å². The summed E-state index contributed by atoms with van der Waals surface area (Å²) in [6.07, 6.45) is 4.35. The largest absolute Gasteiger partial charge is 0.376 e. The number of nitrogens with zero attached hydrogens (tertiary/aromatic N) is 1. The average molecular weight is 450 g/mol. The number of para-hydroxylation sites is 1. The van der Waals surface area contributed by atoms with Crippen LogP contribution in [0.2, 0.25) is 5.02 Å². The maximum absolute atomic E-state index is 13.6. The Morgan fingerprint density at radius 3 is 2.87 bits per heavy atom. The van der Waals surface area contributed by atoms with E-state index in [1.165, 1.54) is 4.90 Å². The standard InChI is InChI=1S/C21H24ClN3O4S/c1-30-9-7-14-15-16(19(27)25(18(15)26)10-11-4-3-8-29-11)21(24-14)12-5-2-6-13(22)17(12)23-20(21)28/h2,5-6,11,14-16,24H,3-4,7-10H2,1H3,(H,23,28)/t11-,14+,15-,16+,21+/m1/s1. The quantitative estimate of drug-likeness (QED) is 0.668. The molecule has 1 aromatic carbocycles. The number of imide groups is 1. The Kier molecular flexibility index (Phi) is 5.08. The number of halogens is 1. The molecule has 160 valence electrons. The number of thioether (sulfide) groups is 1. The molecule has 5 rings (SSSR count). The third-order valence-electron chi connectivity index (χ3n) is 6.83. The van der Waals surface area contributed by atoms with E-state index in [0.29, 0.717) is 29.3 Å². The molecule has 3 saturated heterocycles. The maximum Gasteiger partial charge on any atom is 0.250 e. The molecule has 1 spiro atoms. The fraction of sp³-hybridized carbons (Fsp3) is 0.571. The van der Waals surface area contributed by atoms with Crippen LogP contribution in [0, 0.1) is 11.8 Å². The van der Waals surface area contributed by atoms with Crippen LogP contribution in [-0.2, 0) is 24.7 Å². The highest BCUT2D eigenvalue weighted by Crippen LogP contribution is 2.54. The van der Waals surface area contributed by atoms with E-state index in [1.807, 2.05) is 12.3 Å². The molecule has 0 bridgehead atoms. The van der Waals surface area contributed by atoms with E-state index in [0.717, 1.165) is 18.6 Å². The minimum absolute atomic E-state index is 0.121. The van der Waals surface area contributed by atoms with Crippen molar-refractivity contribution in [2.24, 2.45) is 11.8 Å². The molecule has 4 aliphatic heterocycles. The number of rotatable bonds is 5. The van der Waals surface area contributed by atoms with Gasteiger partial charge in [0, 0.05) is 18.2 Å². The molecule has 1 aromatic rings. The smallest absolute Gasteiger partial charge is 0.250 e. The van der Waals surface area contributed by atoms with Gasteiger partial charge in [0.1, 0.15) is 5.54 Å². The lowest BCUT2D eigenvalue weighted by molar-refractivity contribution is -0.144. The first kappa shape index (κ1) is 20.3. The van der Waals surface area contributed by atoms with Crippen LogP contribution in [0.25, 0.3) is 0 Å². The number of carbonyl (C=O) groups excluding carboxylic acids is 3. The van der Waals surface area contributed by atoms with Gasteiger partial charge in [-0.1, -0.05) is 23.7 Å². The molecule has 0 aromatic heterocycles. The lowest BCUT2D eigenvalue weighted by atomic mass is 9.76. The predicted octanol–water partition coefficient (Wildman–Crippen LogP) is 1.99. The number of ether oxygens (including phenoxy) is 1. The fourth-order valence-corrected chi connectivity index (χ4v) is 6.23. The second-order valence-corrected chi connectivity index (χ2v) is 9.78. The van der Waals surface area contributed by atoms with Gasteiger partial charge in [0.2, 0.25) is 17.7 Å². The van der Waals surface area contributed by atoms with E-state index in [9.17, 15) is 14.4 Å². The third kappa shape index (κ3) is 2.77. The second kappa shape index (κ2) is 7.51. The Morgan fingerprint density at radius 1 is 1.30 bits per heavy atom. The zero-order chi connectivity index (χ0) is 21.0. The van der Waals surface area contributed by atoms with Crippen LogP contribution in [0.1, 0.15) is 24.8 Å². The summed E-state index contributed by atoms with van der Waals surface area (Å²) in [4.78, 5) is 41.7. The molecule has 3 amide bonds.